The number of hydrogen-bond donors (Lipinski definition) is 0. The summed E-state index contributed by atoms with van der Waals surface area (Å²) in [7, 11) is 4.16. The zero-order chi connectivity index (χ0) is 34.4. The highest BCUT2D eigenvalue weighted by molar-refractivity contribution is 7.80. The van der Waals surface area contributed by atoms with Gasteiger partial charge in [0.2, 0.25) is 0 Å². The molecule has 2 fully saturated rings. The lowest BCUT2D eigenvalue weighted by Gasteiger charge is -2.31. The minimum Gasteiger partial charge on any atom is -0.426 e. The number of ether oxygens (including phenoxy) is 2. The van der Waals surface area contributed by atoms with Gasteiger partial charge in [-0.3, -0.25) is 19.4 Å². The van der Waals surface area contributed by atoms with Crippen molar-refractivity contribution in [1.82, 2.24) is 9.80 Å². The first-order valence-corrected chi connectivity index (χ1v) is 17.4. The van der Waals surface area contributed by atoms with Crippen LogP contribution in [0.15, 0.2) is 95.7 Å². The third kappa shape index (κ3) is 5.44. The summed E-state index contributed by atoms with van der Waals surface area (Å²) in [5.41, 5.74) is 6.54. The Balaban J connectivity index is 1.25. The number of nitrogens with zero attached hydrogens (tertiary/aromatic N) is 4. The predicted molar refractivity (Wildman–Crippen MR) is 197 cm³/mol. The number of thiocarbonyl (C=S) groups is 2. The van der Waals surface area contributed by atoms with Gasteiger partial charge in [0.1, 0.15) is 0 Å². The third-order valence-electron chi connectivity index (χ3n) is 10.3. The molecule has 4 aliphatic heterocycles. The largest absolute Gasteiger partial charge is 0.426 e. The highest BCUT2D eigenvalue weighted by Gasteiger charge is 2.44. The van der Waals surface area contributed by atoms with Gasteiger partial charge >= 0.3 is 0 Å². The van der Waals surface area contributed by atoms with Crippen molar-refractivity contribution in [3.05, 3.63) is 107 Å². The number of amides is 2. The fraction of sp³-hybridized carbons (Fsp3) is 0.368. The Bertz CT molecular complexity index is 1700. The van der Waals surface area contributed by atoms with Crippen LogP contribution in [0.25, 0.3) is 0 Å². The molecule has 0 spiro atoms. The van der Waals surface area contributed by atoms with E-state index in [1.807, 2.05) is 26.0 Å². The molecular weight excluding hydrogens is 641 g/mol. The highest BCUT2D eigenvalue weighted by atomic mass is 32.1. The number of unbranched alkanes of at least 4 members (excludes halogenated alkanes) is 1. The topological polar surface area (TPSA) is 65.6 Å². The van der Waals surface area contributed by atoms with Crippen molar-refractivity contribution in [2.24, 2.45) is 0 Å². The van der Waals surface area contributed by atoms with E-state index < -0.39 is 0 Å². The molecule has 250 valence electrons. The summed E-state index contributed by atoms with van der Waals surface area (Å²) in [6, 6.07) is 17.0. The monoisotopic (exact) mass is 682 g/mol. The standard InChI is InChI=1S/C38H42N4O4S2/c1-7-41-33(43)29(45-35(41)47)19-21-31-37(3,25-15-9-11-17-27(25)39(31)5)23-13-14-24-38(4)26-16-10-12-18-28(26)40(6)32(38)22-20-30-34(44)42(8-2)36(48)46-30/h9-12,15-22H,7-8,13-14,23-24H2,1-6H3. The molecule has 4 aliphatic rings. The van der Waals surface area contributed by atoms with E-state index in [0.717, 1.165) is 48.5 Å². The number of hydrogen-bond acceptors (Lipinski definition) is 8. The quantitative estimate of drug-likeness (QED) is 0.156. The van der Waals surface area contributed by atoms with Crippen LogP contribution in [0, 0.1) is 0 Å². The number of likely N-dealkylation sites (N-methyl/N-ethyl adjacent to an activating group) is 4. The van der Waals surface area contributed by atoms with Gasteiger partial charge in [-0.2, -0.15) is 0 Å². The van der Waals surface area contributed by atoms with Gasteiger partial charge in [0.15, 0.2) is 11.5 Å². The van der Waals surface area contributed by atoms with Gasteiger partial charge in [-0.25, -0.2) is 0 Å². The van der Waals surface area contributed by atoms with Gasteiger partial charge in [0.25, 0.3) is 22.2 Å². The first-order valence-electron chi connectivity index (χ1n) is 16.5. The normalized spacial score (nSPS) is 26.9. The van der Waals surface area contributed by atoms with Crippen LogP contribution in [-0.2, 0) is 29.9 Å². The molecule has 2 unspecified atom stereocenters. The minimum absolute atomic E-state index is 0.198. The van der Waals surface area contributed by atoms with Crippen molar-refractivity contribution in [2.45, 2.75) is 64.2 Å². The molecule has 48 heavy (non-hydrogen) atoms. The lowest BCUT2D eigenvalue weighted by Crippen LogP contribution is -2.28. The molecule has 0 aliphatic carbocycles. The van der Waals surface area contributed by atoms with Crippen LogP contribution in [0.2, 0.25) is 0 Å². The van der Waals surface area contributed by atoms with E-state index in [4.69, 9.17) is 33.9 Å². The van der Waals surface area contributed by atoms with Gasteiger partial charge in [-0.1, -0.05) is 49.2 Å². The summed E-state index contributed by atoms with van der Waals surface area (Å²) < 4.78 is 11.3. The number of carbonyl (C=O) groups excluding carboxylic acids is 2. The first-order chi connectivity index (χ1) is 23.0. The molecule has 2 aromatic carbocycles. The SMILES string of the molecule is CCN1C(=O)C(=CC=C2N(C)c3ccccc3C2(C)CCCCC2(C)C(=CC=C3OC(=S)N(CC)C3=O)N(C)c3ccccc32)OC1=S. The average molecular weight is 683 g/mol. The Kier molecular flexibility index (Phi) is 9.08. The number of allylic oxidation sites excluding steroid dienone is 6. The molecule has 0 aromatic heterocycles. The molecule has 0 N–H and O–H groups in total. The molecular formula is C38H42N4O4S2. The molecule has 0 radical (unpaired) electrons. The van der Waals surface area contributed by atoms with E-state index >= 15 is 0 Å². The van der Waals surface area contributed by atoms with E-state index in [0.29, 0.717) is 13.1 Å². The summed E-state index contributed by atoms with van der Waals surface area (Å²) in [5, 5.41) is 0.396. The molecule has 0 saturated carbocycles. The maximum atomic E-state index is 12.9. The van der Waals surface area contributed by atoms with Crippen LogP contribution in [0.5, 0.6) is 0 Å². The molecule has 0 bridgehead atoms. The lowest BCUT2D eigenvalue weighted by atomic mass is 9.74. The zero-order valence-electron chi connectivity index (χ0n) is 28.4. The molecule has 2 saturated heterocycles. The summed E-state index contributed by atoms with van der Waals surface area (Å²) in [5.74, 6) is 0.0912. The van der Waals surface area contributed by atoms with Crippen LogP contribution >= 0.6 is 24.4 Å². The van der Waals surface area contributed by atoms with Crippen molar-refractivity contribution < 1.29 is 19.1 Å². The van der Waals surface area contributed by atoms with Crippen LogP contribution in [0.3, 0.4) is 0 Å². The fourth-order valence-electron chi connectivity index (χ4n) is 7.70. The molecule has 6 rings (SSSR count). The summed E-state index contributed by atoms with van der Waals surface area (Å²) >= 11 is 10.5. The number of rotatable bonds is 9. The number of fused-ring (bicyclic) bond motifs is 2. The fourth-order valence-corrected chi connectivity index (χ4v) is 8.30. The molecule has 8 nitrogen and oxygen atoms in total. The lowest BCUT2D eigenvalue weighted by molar-refractivity contribution is -0.123. The van der Waals surface area contributed by atoms with E-state index in [1.54, 1.807) is 12.2 Å². The zero-order valence-corrected chi connectivity index (χ0v) is 30.0. The van der Waals surface area contributed by atoms with Crippen LogP contribution in [-0.4, -0.2) is 59.1 Å². The maximum absolute atomic E-state index is 12.9. The molecule has 4 heterocycles. The number of benzene rings is 2. The van der Waals surface area contributed by atoms with Crippen molar-refractivity contribution in [1.29, 1.82) is 0 Å². The van der Waals surface area contributed by atoms with Gasteiger partial charge in [0.05, 0.1) is 0 Å². The number of anilines is 2. The van der Waals surface area contributed by atoms with Gasteiger partial charge in [0, 0.05) is 60.8 Å². The van der Waals surface area contributed by atoms with E-state index in [-0.39, 0.29) is 44.5 Å². The number of carbonyl (C=O) groups is 2. The smallest absolute Gasteiger partial charge is 0.297 e. The van der Waals surface area contributed by atoms with E-state index in [1.165, 1.54) is 20.9 Å². The van der Waals surface area contributed by atoms with Gasteiger partial charge < -0.3 is 19.3 Å². The number of para-hydroxylation sites is 2. The second-order valence-corrected chi connectivity index (χ2v) is 13.7. The summed E-state index contributed by atoms with van der Waals surface area (Å²) in [6.45, 7) is 9.29. The third-order valence-corrected chi connectivity index (χ3v) is 10.9. The molecule has 2 aromatic rings. The predicted octanol–water partition coefficient (Wildman–Crippen LogP) is 7.23. The molecule has 2 amide bonds. The summed E-state index contributed by atoms with van der Waals surface area (Å²) in [4.78, 5) is 33.1. The maximum Gasteiger partial charge on any atom is 0.297 e. The van der Waals surface area contributed by atoms with Crippen molar-refractivity contribution >= 4 is 58.0 Å². The second kappa shape index (κ2) is 13.0. The second-order valence-electron chi connectivity index (χ2n) is 13.0. The van der Waals surface area contributed by atoms with E-state index in [2.05, 4.69) is 86.3 Å². The van der Waals surface area contributed by atoms with Crippen molar-refractivity contribution in [3.63, 3.8) is 0 Å². The van der Waals surface area contributed by atoms with Crippen LogP contribution in [0.4, 0.5) is 11.4 Å². The minimum atomic E-state index is -0.271. The van der Waals surface area contributed by atoms with E-state index in [9.17, 15) is 9.59 Å². The van der Waals surface area contributed by atoms with Crippen LogP contribution < -0.4 is 9.80 Å². The Hall–Kier alpha value is -4.28. The molecule has 10 heteroatoms. The summed E-state index contributed by atoms with van der Waals surface area (Å²) in [6.07, 6.45) is 11.4. The Morgan fingerprint density at radius 3 is 1.38 bits per heavy atom. The van der Waals surface area contributed by atoms with Gasteiger partial charge in [-0.05, 0) is 113 Å². The highest BCUT2D eigenvalue weighted by Crippen LogP contribution is 2.52. The molecule has 2 atom stereocenters. The first kappa shape index (κ1) is 33.6. The van der Waals surface area contributed by atoms with Crippen LogP contribution in [0.1, 0.15) is 64.5 Å². The average Bonchev–Trinajstić information content (AvgIpc) is 3.67. The van der Waals surface area contributed by atoms with Crippen molar-refractivity contribution in [3.8, 4) is 0 Å². The van der Waals surface area contributed by atoms with Crippen molar-refractivity contribution in [2.75, 3.05) is 37.0 Å². The Morgan fingerprint density at radius 1 is 0.646 bits per heavy atom. The van der Waals surface area contributed by atoms with Gasteiger partial charge in [-0.15, -0.1) is 0 Å². The Morgan fingerprint density at radius 2 is 1.02 bits per heavy atom. The Labute approximate surface area is 294 Å².